The van der Waals surface area contributed by atoms with Crippen molar-refractivity contribution in [3.63, 3.8) is 0 Å². The lowest BCUT2D eigenvalue weighted by molar-refractivity contribution is -0.225. The van der Waals surface area contributed by atoms with Gasteiger partial charge in [0.05, 0.1) is 23.2 Å². The third-order valence-electron chi connectivity index (χ3n) is 4.05. The molecule has 0 aromatic heterocycles. The van der Waals surface area contributed by atoms with Crippen LogP contribution in [-0.2, 0) is 14.3 Å². The van der Waals surface area contributed by atoms with Crippen LogP contribution >= 0.6 is 22.6 Å². The standard InChI is InChI=1S/C17H28INO3/c1-5-8-10-19(16(20)15(18)9-6-2)13(4)17-21-11-14(7-3)12-22-17/h1,13-15,17H,6-12H2,2-4H3. The van der Waals surface area contributed by atoms with E-state index in [0.29, 0.717) is 32.1 Å². The van der Waals surface area contributed by atoms with E-state index >= 15 is 0 Å². The van der Waals surface area contributed by atoms with Crippen molar-refractivity contribution in [1.29, 1.82) is 0 Å². The lowest BCUT2D eigenvalue weighted by Crippen LogP contribution is -2.52. The highest BCUT2D eigenvalue weighted by Gasteiger charge is 2.33. The molecule has 1 amide bonds. The zero-order valence-corrected chi connectivity index (χ0v) is 16.0. The fourth-order valence-electron chi connectivity index (χ4n) is 2.48. The molecule has 1 aliphatic rings. The maximum Gasteiger partial charge on any atom is 0.235 e. The predicted octanol–water partition coefficient (Wildman–Crippen LogP) is 3.23. The van der Waals surface area contributed by atoms with E-state index in [1.807, 2.05) is 11.8 Å². The van der Waals surface area contributed by atoms with E-state index in [2.05, 4.69) is 42.4 Å². The minimum atomic E-state index is -0.352. The Balaban J connectivity index is 2.69. The van der Waals surface area contributed by atoms with Crippen molar-refractivity contribution in [2.45, 2.75) is 62.7 Å². The quantitative estimate of drug-likeness (QED) is 0.343. The minimum absolute atomic E-state index is 0.0187. The van der Waals surface area contributed by atoms with Gasteiger partial charge in [0.1, 0.15) is 0 Å². The normalized spacial score (nSPS) is 24.3. The topological polar surface area (TPSA) is 38.8 Å². The van der Waals surface area contributed by atoms with Gasteiger partial charge >= 0.3 is 0 Å². The molecule has 126 valence electrons. The smallest absolute Gasteiger partial charge is 0.235 e. The maximum atomic E-state index is 12.7. The first-order valence-electron chi connectivity index (χ1n) is 8.16. The first-order chi connectivity index (χ1) is 10.5. The molecular formula is C17H28INO3. The van der Waals surface area contributed by atoms with E-state index in [-0.39, 0.29) is 22.2 Å². The molecule has 0 N–H and O–H groups in total. The third-order valence-corrected chi connectivity index (χ3v) is 5.20. The molecule has 0 saturated carbocycles. The second-order valence-electron chi connectivity index (χ2n) is 5.79. The molecule has 1 heterocycles. The van der Waals surface area contributed by atoms with Crippen LogP contribution in [-0.4, -0.2) is 46.8 Å². The molecule has 0 radical (unpaired) electrons. The molecule has 2 atom stereocenters. The SMILES string of the molecule is C#CCCN(C(=O)C(I)CCC)C(C)C1OCC(CC)CO1. The van der Waals surface area contributed by atoms with Crippen LogP contribution in [0, 0.1) is 18.3 Å². The van der Waals surface area contributed by atoms with Crippen LogP contribution in [0.25, 0.3) is 0 Å². The number of ether oxygens (including phenoxy) is 2. The van der Waals surface area contributed by atoms with Crippen LogP contribution in [0.2, 0.25) is 0 Å². The summed E-state index contributed by atoms with van der Waals surface area (Å²) in [6.07, 6.45) is 8.49. The molecule has 0 spiro atoms. The van der Waals surface area contributed by atoms with E-state index in [1.54, 1.807) is 0 Å². The average Bonchev–Trinajstić information content (AvgIpc) is 2.55. The van der Waals surface area contributed by atoms with Gasteiger partial charge in [-0.25, -0.2) is 0 Å². The van der Waals surface area contributed by atoms with E-state index in [1.165, 1.54) is 0 Å². The number of carbonyl (C=O) groups excluding carboxylic acids is 1. The van der Waals surface area contributed by atoms with Crippen LogP contribution in [0.3, 0.4) is 0 Å². The Morgan fingerprint density at radius 3 is 2.55 bits per heavy atom. The van der Waals surface area contributed by atoms with Gasteiger partial charge in [0.15, 0.2) is 6.29 Å². The Morgan fingerprint density at radius 1 is 1.41 bits per heavy atom. The predicted molar refractivity (Wildman–Crippen MR) is 96.8 cm³/mol. The van der Waals surface area contributed by atoms with Gasteiger partial charge in [-0.1, -0.05) is 42.9 Å². The van der Waals surface area contributed by atoms with Crippen LogP contribution in [0.4, 0.5) is 0 Å². The van der Waals surface area contributed by atoms with Gasteiger partial charge in [0.25, 0.3) is 0 Å². The molecular weight excluding hydrogens is 393 g/mol. The van der Waals surface area contributed by atoms with E-state index in [9.17, 15) is 4.79 Å². The number of nitrogens with zero attached hydrogens (tertiary/aromatic N) is 1. The molecule has 1 fully saturated rings. The minimum Gasteiger partial charge on any atom is -0.350 e. The fourth-order valence-corrected chi connectivity index (χ4v) is 3.46. The summed E-state index contributed by atoms with van der Waals surface area (Å²) in [4.78, 5) is 14.5. The van der Waals surface area contributed by atoms with E-state index < -0.39 is 0 Å². The van der Waals surface area contributed by atoms with E-state index in [4.69, 9.17) is 15.9 Å². The highest BCUT2D eigenvalue weighted by molar-refractivity contribution is 14.1. The van der Waals surface area contributed by atoms with Crippen molar-refractivity contribution in [3.05, 3.63) is 0 Å². The monoisotopic (exact) mass is 421 g/mol. The largest absolute Gasteiger partial charge is 0.350 e. The number of hydrogen-bond acceptors (Lipinski definition) is 3. The summed E-state index contributed by atoms with van der Waals surface area (Å²) in [5.74, 6) is 3.21. The zero-order chi connectivity index (χ0) is 16.5. The zero-order valence-electron chi connectivity index (χ0n) is 13.9. The summed E-state index contributed by atoms with van der Waals surface area (Å²) in [7, 11) is 0. The lowest BCUT2D eigenvalue weighted by atomic mass is 10.1. The summed E-state index contributed by atoms with van der Waals surface area (Å²) < 4.78 is 11.6. The Labute approximate surface area is 148 Å². The van der Waals surface area contributed by atoms with Crippen molar-refractivity contribution in [2.24, 2.45) is 5.92 Å². The van der Waals surface area contributed by atoms with Crippen molar-refractivity contribution in [2.75, 3.05) is 19.8 Å². The molecule has 0 aromatic carbocycles. The van der Waals surface area contributed by atoms with E-state index in [0.717, 1.165) is 19.3 Å². The number of halogens is 1. The molecule has 0 aliphatic carbocycles. The number of rotatable bonds is 8. The van der Waals surface area contributed by atoms with Crippen molar-refractivity contribution < 1.29 is 14.3 Å². The number of amides is 1. The number of alkyl halides is 1. The molecule has 4 nitrogen and oxygen atoms in total. The van der Waals surface area contributed by atoms with Gasteiger partial charge in [-0.05, 0) is 19.8 Å². The third kappa shape index (κ3) is 5.71. The second-order valence-corrected chi connectivity index (χ2v) is 7.30. The Hall–Kier alpha value is -0.320. The van der Waals surface area contributed by atoms with Gasteiger partial charge in [-0.15, -0.1) is 12.3 Å². The summed E-state index contributed by atoms with van der Waals surface area (Å²) >= 11 is 2.22. The molecule has 0 bridgehead atoms. The van der Waals surface area contributed by atoms with Crippen LogP contribution in [0.15, 0.2) is 0 Å². The average molecular weight is 421 g/mol. The number of carbonyl (C=O) groups is 1. The summed E-state index contributed by atoms with van der Waals surface area (Å²) in [5.41, 5.74) is 0. The molecule has 1 aliphatic heterocycles. The van der Waals surface area contributed by atoms with Gasteiger partial charge in [-0.2, -0.15) is 0 Å². The summed E-state index contributed by atoms with van der Waals surface area (Å²) in [6.45, 7) is 8.17. The lowest BCUT2D eigenvalue weighted by Gasteiger charge is -2.38. The molecule has 2 unspecified atom stereocenters. The van der Waals surface area contributed by atoms with Gasteiger partial charge in [0, 0.05) is 18.9 Å². The second kappa shape index (κ2) is 10.5. The summed E-state index contributed by atoms with van der Waals surface area (Å²) in [6, 6.07) is -0.118. The molecule has 22 heavy (non-hydrogen) atoms. The first kappa shape index (κ1) is 19.7. The maximum absolute atomic E-state index is 12.7. The Kier molecular flexibility index (Phi) is 9.37. The van der Waals surface area contributed by atoms with Crippen molar-refractivity contribution in [1.82, 2.24) is 4.90 Å². The highest BCUT2D eigenvalue weighted by Crippen LogP contribution is 2.22. The van der Waals surface area contributed by atoms with Crippen LogP contribution in [0.1, 0.15) is 46.5 Å². The molecule has 1 rings (SSSR count). The van der Waals surface area contributed by atoms with Gasteiger partial charge < -0.3 is 14.4 Å². The molecule has 1 saturated heterocycles. The number of hydrogen-bond donors (Lipinski definition) is 0. The fraction of sp³-hybridized carbons (Fsp3) is 0.824. The van der Waals surface area contributed by atoms with Crippen LogP contribution < -0.4 is 0 Å². The Morgan fingerprint density at radius 2 is 2.05 bits per heavy atom. The number of terminal acetylenes is 1. The van der Waals surface area contributed by atoms with Gasteiger partial charge in [-0.3, -0.25) is 4.79 Å². The molecule has 5 heteroatoms. The highest BCUT2D eigenvalue weighted by atomic mass is 127. The molecule has 0 aromatic rings. The van der Waals surface area contributed by atoms with Crippen molar-refractivity contribution in [3.8, 4) is 12.3 Å². The van der Waals surface area contributed by atoms with Gasteiger partial charge in [0.2, 0.25) is 5.91 Å². The Bertz CT molecular complexity index is 375. The van der Waals surface area contributed by atoms with Crippen LogP contribution in [0.5, 0.6) is 0 Å². The summed E-state index contributed by atoms with van der Waals surface area (Å²) in [5, 5.41) is 0. The first-order valence-corrected chi connectivity index (χ1v) is 9.40. The van der Waals surface area contributed by atoms with Crippen molar-refractivity contribution >= 4 is 28.5 Å².